The molecule has 148 valence electrons. The molecular formula is C22H27ClN4O. The van der Waals surface area contributed by atoms with Gasteiger partial charge in [0.1, 0.15) is 0 Å². The van der Waals surface area contributed by atoms with E-state index in [1.54, 1.807) is 6.20 Å². The van der Waals surface area contributed by atoms with Crippen LogP contribution in [-0.2, 0) is 6.42 Å². The number of nitrogens with zero attached hydrogens (tertiary/aromatic N) is 3. The summed E-state index contributed by atoms with van der Waals surface area (Å²) >= 11 is 0. The van der Waals surface area contributed by atoms with Gasteiger partial charge >= 0.3 is 0 Å². The molecule has 1 heterocycles. The molecule has 0 aliphatic carbocycles. The Morgan fingerprint density at radius 1 is 1.04 bits per heavy atom. The number of aryl methyl sites for hydroxylation is 1. The van der Waals surface area contributed by atoms with Crippen LogP contribution in [0.4, 0.5) is 0 Å². The molecule has 0 unspecified atom stereocenters. The van der Waals surface area contributed by atoms with Crippen molar-refractivity contribution in [3.8, 4) is 5.69 Å². The Morgan fingerprint density at radius 2 is 1.71 bits per heavy atom. The molecule has 0 atom stereocenters. The summed E-state index contributed by atoms with van der Waals surface area (Å²) in [6.45, 7) is 5.57. The zero-order valence-corrected chi connectivity index (χ0v) is 17.2. The van der Waals surface area contributed by atoms with E-state index in [4.69, 9.17) is 5.73 Å². The van der Waals surface area contributed by atoms with Crippen molar-refractivity contribution in [1.82, 2.24) is 14.7 Å². The van der Waals surface area contributed by atoms with E-state index >= 15 is 0 Å². The number of para-hydroxylation sites is 1. The smallest absolute Gasteiger partial charge is 0.257 e. The molecule has 3 aromatic rings. The predicted octanol–water partition coefficient (Wildman–Crippen LogP) is 3.55. The lowest BCUT2D eigenvalue weighted by Crippen LogP contribution is -2.37. The SMILES string of the molecule is Cc1ccccc1-n1ncc(C(=O)N(CCN)CCc2ccccc2)c1C.Cl. The van der Waals surface area contributed by atoms with Crippen molar-refractivity contribution in [2.75, 3.05) is 19.6 Å². The predicted molar refractivity (Wildman–Crippen MR) is 115 cm³/mol. The maximum atomic E-state index is 13.1. The molecule has 1 aromatic heterocycles. The molecule has 0 aliphatic heterocycles. The zero-order chi connectivity index (χ0) is 19.2. The zero-order valence-electron chi connectivity index (χ0n) is 16.3. The first-order valence-electron chi connectivity index (χ1n) is 9.25. The number of nitrogens with two attached hydrogens (primary N) is 1. The van der Waals surface area contributed by atoms with E-state index in [0.29, 0.717) is 25.2 Å². The molecule has 0 aliphatic rings. The van der Waals surface area contributed by atoms with Crippen LogP contribution in [0, 0.1) is 13.8 Å². The third kappa shape index (κ3) is 4.80. The number of aromatic nitrogens is 2. The molecule has 5 nitrogen and oxygen atoms in total. The van der Waals surface area contributed by atoms with Crippen molar-refractivity contribution in [2.24, 2.45) is 5.73 Å². The summed E-state index contributed by atoms with van der Waals surface area (Å²) in [5, 5.41) is 4.47. The van der Waals surface area contributed by atoms with Crippen molar-refractivity contribution in [1.29, 1.82) is 0 Å². The molecule has 6 heteroatoms. The van der Waals surface area contributed by atoms with Gasteiger partial charge in [0.25, 0.3) is 5.91 Å². The van der Waals surface area contributed by atoms with Crippen molar-refractivity contribution in [3.63, 3.8) is 0 Å². The summed E-state index contributed by atoms with van der Waals surface area (Å²) < 4.78 is 1.83. The molecule has 0 radical (unpaired) electrons. The van der Waals surface area contributed by atoms with Crippen LogP contribution in [0.1, 0.15) is 27.2 Å². The maximum Gasteiger partial charge on any atom is 0.257 e. The average molecular weight is 399 g/mol. The standard InChI is InChI=1S/C22H26N4O.ClH/c1-17-8-6-7-11-21(17)26-18(2)20(16-24-26)22(27)25(15-13-23)14-12-19-9-4-3-5-10-19;/h3-11,16H,12-15,23H2,1-2H3;1H. The Labute approximate surface area is 172 Å². The van der Waals surface area contributed by atoms with Gasteiger partial charge in [-0.05, 0) is 37.5 Å². The molecule has 2 N–H and O–H groups in total. The molecule has 0 spiro atoms. The number of hydrogen-bond donors (Lipinski definition) is 1. The minimum Gasteiger partial charge on any atom is -0.337 e. The molecule has 1 amide bonds. The van der Waals surface area contributed by atoms with Gasteiger partial charge in [-0.25, -0.2) is 4.68 Å². The summed E-state index contributed by atoms with van der Waals surface area (Å²) in [5.74, 6) is -0.0197. The second kappa shape index (κ2) is 10.1. The number of rotatable bonds is 7. The van der Waals surface area contributed by atoms with Crippen LogP contribution < -0.4 is 5.73 Å². The van der Waals surface area contributed by atoms with Crippen LogP contribution >= 0.6 is 12.4 Å². The van der Waals surface area contributed by atoms with E-state index in [0.717, 1.165) is 23.4 Å². The lowest BCUT2D eigenvalue weighted by Gasteiger charge is -2.22. The molecule has 3 rings (SSSR count). The number of amides is 1. The highest BCUT2D eigenvalue weighted by atomic mass is 35.5. The van der Waals surface area contributed by atoms with Crippen LogP contribution in [0.15, 0.2) is 60.8 Å². The maximum absolute atomic E-state index is 13.1. The fourth-order valence-electron chi connectivity index (χ4n) is 3.21. The largest absolute Gasteiger partial charge is 0.337 e. The highest BCUT2D eigenvalue weighted by Gasteiger charge is 2.21. The van der Waals surface area contributed by atoms with Crippen molar-refractivity contribution >= 4 is 18.3 Å². The Morgan fingerprint density at radius 3 is 2.39 bits per heavy atom. The second-order valence-electron chi connectivity index (χ2n) is 6.66. The quantitative estimate of drug-likeness (QED) is 0.661. The molecule has 0 fully saturated rings. The van der Waals surface area contributed by atoms with E-state index in [1.165, 1.54) is 5.56 Å². The monoisotopic (exact) mass is 398 g/mol. The number of benzene rings is 2. The van der Waals surface area contributed by atoms with Crippen molar-refractivity contribution in [2.45, 2.75) is 20.3 Å². The van der Waals surface area contributed by atoms with E-state index in [9.17, 15) is 4.79 Å². The number of hydrogen-bond acceptors (Lipinski definition) is 3. The number of carbonyl (C=O) groups is 1. The Bertz CT molecular complexity index is 908. The normalized spacial score (nSPS) is 10.4. The van der Waals surface area contributed by atoms with Gasteiger partial charge in [-0.15, -0.1) is 12.4 Å². The van der Waals surface area contributed by atoms with E-state index in [2.05, 4.69) is 17.2 Å². The van der Waals surface area contributed by atoms with Gasteiger partial charge in [-0.2, -0.15) is 5.10 Å². The van der Waals surface area contributed by atoms with Crippen LogP contribution in [0.25, 0.3) is 5.69 Å². The lowest BCUT2D eigenvalue weighted by molar-refractivity contribution is 0.0761. The third-order valence-electron chi connectivity index (χ3n) is 4.78. The summed E-state index contributed by atoms with van der Waals surface area (Å²) in [6, 6.07) is 18.2. The number of carbonyl (C=O) groups excluding carboxylic acids is 1. The highest BCUT2D eigenvalue weighted by molar-refractivity contribution is 5.95. The summed E-state index contributed by atoms with van der Waals surface area (Å²) in [5.41, 5.74) is 10.5. The third-order valence-corrected chi connectivity index (χ3v) is 4.78. The Hall–Kier alpha value is -2.63. The number of halogens is 1. The minimum atomic E-state index is -0.0197. The van der Waals surface area contributed by atoms with Crippen molar-refractivity contribution < 1.29 is 4.79 Å². The van der Waals surface area contributed by atoms with E-state index < -0.39 is 0 Å². The van der Waals surface area contributed by atoms with Gasteiger partial charge in [0.2, 0.25) is 0 Å². The minimum absolute atomic E-state index is 0. The summed E-state index contributed by atoms with van der Waals surface area (Å²) in [4.78, 5) is 14.9. The van der Waals surface area contributed by atoms with Crippen LogP contribution in [-0.4, -0.2) is 40.2 Å². The highest BCUT2D eigenvalue weighted by Crippen LogP contribution is 2.19. The van der Waals surface area contributed by atoms with Gasteiger partial charge in [0, 0.05) is 19.6 Å². The van der Waals surface area contributed by atoms with Gasteiger partial charge in [0.15, 0.2) is 0 Å². The van der Waals surface area contributed by atoms with Gasteiger partial charge in [-0.3, -0.25) is 4.79 Å². The Kier molecular flexibility index (Phi) is 7.79. The van der Waals surface area contributed by atoms with Gasteiger partial charge in [0.05, 0.1) is 23.1 Å². The average Bonchev–Trinajstić information content (AvgIpc) is 3.07. The van der Waals surface area contributed by atoms with Crippen LogP contribution in [0.3, 0.4) is 0 Å². The van der Waals surface area contributed by atoms with E-state index in [1.807, 2.05) is 65.9 Å². The molecular weight excluding hydrogens is 372 g/mol. The molecule has 0 saturated carbocycles. The van der Waals surface area contributed by atoms with E-state index in [-0.39, 0.29) is 18.3 Å². The fraction of sp³-hybridized carbons (Fsp3) is 0.273. The van der Waals surface area contributed by atoms with Crippen molar-refractivity contribution in [3.05, 3.63) is 83.2 Å². The summed E-state index contributed by atoms with van der Waals surface area (Å²) in [6.07, 6.45) is 2.47. The fourth-order valence-corrected chi connectivity index (χ4v) is 3.21. The van der Waals surface area contributed by atoms with Crippen LogP contribution in [0.2, 0.25) is 0 Å². The van der Waals surface area contributed by atoms with Gasteiger partial charge in [-0.1, -0.05) is 48.5 Å². The lowest BCUT2D eigenvalue weighted by atomic mass is 10.1. The summed E-state index contributed by atoms with van der Waals surface area (Å²) in [7, 11) is 0. The first-order chi connectivity index (χ1) is 13.1. The molecule has 28 heavy (non-hydrogen) atoms. The van der Waals surface area contributed by atoms with Gasteiger partial charge < -0.3 is 10.6 Å². The Balaban J connectivity index is 0.00000280. The molecule has 0 bridgehead atoms. The topological polar surface area (TPSA) is 64.2 Å². The first kappa shape index (κ1) is 21.7. The molecule has 2 aromatic carbocycles. The van der Waals surface area contributed by atoms with Crippen LogP contribution in [0.5, 0.6) is 0 Å². The molecule has 0 saturated heterocycles. The first-order valence-corrected chi connectivity index (χ1v) is 9.25. The second-order valence-corrected chi connectivity index (χ2v) is 6.66.